The second-order valence-electron chi connectivity index (χ2n) is 4.56. The van der Waals surface area contributed by atoms with E-state index in [4.69, 9.17) is 4.52 Å². The predicted molar refractivity (Wildman–Crippen MR) is 63.2 cm³/mol. The number of thioether (sulfide) groups is 1. The van der Waals surface area contributed by atoms with E-state index in [1.165, 1.54) is 37.9 Å². The predicted octanol–water partition coefficient (Wildman–Crippen LogP) is 2.28. The molecule has 1 aromatic heterocycles. The van der Waals surface area contributed by atoms with Crippen LogP contribution in [0.15, 0.2) is 4.52 Å². The summed E-state index contributed by atoms with van der Waals surface area (Å²) >= 11 is 1.95. The van der Waals surface area contributed by atoms with Crippen molar-refractivity contribution in [3.63, 3.8) is 0 Å². The van der Waals surface area contributed by atoms with E-state index in [0.717, 1.165) is 18.3 Å². The van der Waals surface area contributed by atoms with Crippen LogP contribution in [0.1, 0.15) is 49.1 Å². The van der Waals surface area contributed by atoms with Crippen molar-refractivity contribution in [1.82, 2.24) is 15.5 Å². The van der Waals surface area contributed by atoms with Crippen LogP contribution in [0.5, 0.6) is 0 Å². The van der Waals surface area contributed by atoms with Crippen LogP contribution in [0, 0.1) is 0 Å². The maximum absolute atomic E-state index is 5.33. The monoisotopic (exact) mass is 239 g/mol. The van der Waals surface area contributed by atoms with Crippen LogP contribution in [0.2, 0.25) is 0 Å². The first-order valence-electron chi connectivity index (χ1n) is 6.09. The number of nitrogens with zero attached hydrogens (tertiary/aromatic N) is 2. The van der Waals surface area contributed by atoms with Gasteiger partial charge in [0.05, 0.1) is 11.8 Å². The van der Waals surface area contributed by atoms with Gasteiger partial charge in [-0.25, -0.2) is 0 Å². The average Bonchev–Trinajstić information content (AvgIpc) is 3.05. The molecular weight excluding hydrogens is 222 g/mol. The van der Waals surface area contributed by atoms with Crippen molar-refractivity contribution in [3.8, 4) is 0 Å². The normalized spacial score (nSPS) is 25.9. The Bertz CT molecular complexity index is 345. The van der Waals surface area contributed by atoms with Crippen LogP contribution in [-0.2, 0) is 6.54 Å². The Balaban J connectivity index is 1.57. The van der Waals surface area contributed by atoms with E-state index in [1.807, 2.05) is 11.8 Å². The number of rotatable bonds is 4. The zero-order valence-corrected chi connectivity index (χ0v) is 10.1. The molecule has 0 spiro atoms. The van der Waals surface area contributed by atoms with Gasteiger partial charge in [-0.05, 0) is 31.4 Å². The Kier molecular flexibility index (Phi) is 3.15. The van der Waals surface area contributed by atoms with Crippen molar-refractivity contribution in [2.75, 3.05) is 5.75 Å². The van der Waals surface area contributed by atoms with E-state index in [9.17, 15) is 0 Å². The van der Waals surface area contributed by atoms with Gasteiger partial charge in [0, 0.05) is 6.04 Å². The fraction of sp³-hybridized carbons (Fsp3) is 0.818. The van der Waals surface area contributed by atoms with Gasteiger partial charge in [-0.15, -0.1) is 11.8 Å². The van der Waals surface area contributed by atoms with E-state index in [-0.39, 0.29) is 0 Å². The summed E-state index contributed by atoms with van der Waals surface area (Å²) in [5.41, 5.74) is 0. The van der Waals surface area contributed by atoms with Gasteiger partial charge in [0.1, 0.15) is 0 Å². The Hall–Kier alpha value is -0.550. The van der Waals surface area contributed by atoms with E-state index in [1.54, 1.807) is 0 Å². The Morgan fingerprint density at radius 1 is 1.31 bits per heavy atom. The molecular formula is C11H17N3OS. The van der Waals surface area contributed by atoms with Gasteiger partial charge in [0.2, 0.25) is 5.89 Å². The summed E-state index contributed by atoms with van der Waals surface area (Å²) in [4.78, 5) is 4.47. The first-order chi connectivity index (χ1) is 7.92. The molecule has 88 valence electrons. The maximum atomic E-state index is 5.33. The van der Waals surface area contributed by atoms with Crippen LogP contribution in [0.4, 0.5) is 0 Å². The highest BCUT2D eigenvalue weighted by molar-refractivity contribution is 7.99. The molecule has 2 aliphatic rings. The molecule has 2 fully saturated rings. The molecule has 1 saturated heterocycles. The zero-order valence-electron chi connectivity index (χ0n) is 9.32. The molecule has 1 aliphatic heterocycles. The summed E-state index contributed by atoms with van der Waals surface area (Å²) in [6, 6.07) is 0.700. The van der Waals surface area contributed by atoms with Gasteiger partial charge in [-0.3, -0.25) is 0 Å². The first-order valence-corrected chi connectivity index (χ1v) is 7.14. The number of hydrogen-bond acceptors (Lipinski definition) is 5. The van der Waals surface area contributed by atoms with Crippen molar-refractivity contribution in [1.29, 1.82) is 0 Å². The van der Waals surface area contributed by atoms with Crippen molar-refractivity contribution in [2.45, 2.75) is 49.9 Å². The lowest BCUT2D eigenvalue weighted by molar-refractivity contribution is 0.364. The molecule has 16 heavy (non-hydrogen) atoms. The molecule has 0 amide bonds. The fourth-order valence-corrected chi connectivity index (χ4v) is 3.16. The van der Waals surface area contributed by atoms with Gasteiger partial charge in [-0.1, -0.05) is 11.6 Å². The molecule has 1 aliphatic carbocycles. The van der Waals surface area contributed by atoms with E-state index in [0.29, 0.717) is 11.3 Å². The maximum Gasteiger partial charge on any atom is 0.239 e. The summed E-state index contributed by atoms with van der Waals surface area (Å²) in [5, 5.41) is 7.87. The zero-order chi connectivity index (χ0) is 10.8. The summed E-state index contributed by atoms with van der Waals surface area (Å²) in [5.74, 6) is 2.87. The minimum absolute atomic E-state index is 0.441. The van der Waals surface area contributed by atoms with Crippen molar-refractivity contribution in [2.24, 2.45) is 0 Å². The van der Waals surface area contributed by atoms with Crippen molar-refractivity contribution in [3.05, 3.63) is 11.7 Å². The number of nitrogens with one attached hydrogen (secondary N) is 1. The van der Waals surface area contributed by atoms with Crippen LogP contribution in [0.25, 0.3) is 0 Å². The van der Waals surface area contributed by atoms with Gasteiger partial charge in [0.15, 0.2) is 5.82 Å². The molecule has 1 saturated carbocycles. The van der Waals surface area contributed by atoms with Gasteiger partial charge >= 0.3 is 0 Å². The molecule has 0 bridgehead atoms. The molecule has 5 heteroatoms. The molecule has 0 radical (unpaired) electrons. The summed E-state index contributed by atoms with van der Waals surface area (Å²) < 4.78 is 5.33. The summed E-state index contributed by atoms with van der Waals surface area (Å²) in [7, 11) is 0. The third-order valence-corrected chi connectivity index (χ3v) is 4.43. The largest absolute Gasteiger partial charge is 0.338 e. The van der Waals surface area contributed by atoms with Crippen molar-refractivity contribution >= 4 is 11.8 Å². The minimum atomic E-state index is 0.441. The molecule has 0 aromatic carbocycles. The Morgan fingerprint density at radius 3 is 3.00 bits per heavy atom. The van der Waals surface area contributed by atoms with Crippen molar-refractivity contribution < 1.29 is 4.52 Å². The summed E-state index contributed by atoms with van der Waals surface area (Å²) in [6.07, 6.45) is 6.38. The molecule has 2 heterocycles. The van der Waals surface area contributed by atoms with E-state index in [2.05, 4.69) is 15.5 Å². The molecule has 1 unspecified atom stereocenters. The fourth-order valence-electron chi connectivity index (χ4n) is 1.93. The lowest BCUT2D eigenvalue weighted by atomic mass is 10.2. The Labute approximate surface area is 99.6 Å². The minimum Gasteiger partial charge on any atom is -0.338 e. The summed E-state index contributed by atoms with van der Waals surface area (Å²) in [6.45, 7) is 0.756. The van der Waals surface area contributed by atoms with Crippen LogP contribution in [-0.4, -0.2) is 21.9 Å². The third-order valence-electron chi connectivity index (χ3n) is 3.07. The Morgan fingerprint density at radius 2 is 2.25 bits per heavy atom. The molecule has 1 atom stereocenters. The lowest BCUT2D eigenvalue weighted by Gasteiger charge is -2.16. The van der Waals surface area contributed by atoms with Gasteiger partial charge in [-0.2, -0.15) is 4.98 Å². The van der Waals surface area contributed by atoms with Crippen LogP contribution < -0.4 is 5.32 Å². The topological polar surface area (TPSA) is 51.0 Å². The second-order valence-corrected chi connectivity index (χ2v) is 5.87. The number of hydrogen-bond donors (Lipinski definition) is 1. The highest BCUT2D eigenvalue weighted by Gasteiger charge is 2.24. The lowest BCUT2D eigenvalue weighted by Crippen LogP contribution is -2.16. The van der Waals surface area contributed by atoms with E-state index < -0.39 is 0 Å². The molecule has 3 rings (SSSR count). The average molecular weight is 239 g/mol. The SMILES string of the molecule is C1CCC(c2nc(CNC3CC3)no2)SC1. The highest BCUT2D eigenvalue weighted by Crippen LogP contribution is 2.37. The van der Waals surface area contributed by atoms with Gasteiger partial charge < -0.3 is 9.84 Å². The molecule has 1 aromatic rings. The smallest absolute Gasteiger partial charge is 0.239 e. The quantitative estimate of drug-likeness (QED) is 0.873. The molecule has 4 nitrogen and oxygen atoms in total. The van der Waals surface area contributed by atoms with Gasteiger partial charge in [0.25, 0.3) is 0 Å². The second kappa shape index (κ2) is 4.75. The van der Waals surface area contributed by atoms with E-state index >= 15 is 0 Å². The number of aromatic nitrogens is 2. The van der Waals surface area contributed by atoms with Crippen LogP contribution >= 0.6 is 11.8 Å². The standard InChI is InChI=1S/C11H17N3OS/c1-2-6-16-9(3-1)11-13-10(14-15-11)7-12-8-4-5-8/h8-9,12H,1-7H2. The molecule has 1 N–H and O–H groups in total. The highest BCUT2D eigenvalue weighted by atomic mass is 32.2. The van der Waals surface area contributed by atoms with Crippen LogP contribution in [0.3, 0.4) is 0 Å². The third kappa shape index (κ3) is 2.58. The first kappa shape index (κ1) is 10.6.